The average molecular weight is 318 g/mol. The highest BCUT2D eigenvalue weighted by Gasteiger charge is 2.24. The molecule has 1 aliphatic rings. The maximum Gasteiger partial charge on any atom is 0.435 e. The lowest BCUT2D eigenvalue weighted by Crippen LogP contribution is -2.43. The number of rotatable bonds is 2. The molecule has 0 fully saturated rings. The average Bonchev–Trinajstić information content (AvgIpc) is 2.97. The van der Waals surface area contributed by atoms with Crippen LogP contribution in [-0.4, -0.2) is 11.2 Å². The van der Waals surface area contributed by atoms with Crippen LogP contribution in [0.3, 0.4) is 0 Å². The van der Waals surface area contributed by atoms with Crippen LogP contribution in [0.15, 0.2) is 14.3 Å². The van der Waals surface area contributed by atoms with Crippen LogP contribution in [0.4, 0.5) is 5.00 Å². The third-order valence-electron chi connectivity index (χ3n) is 3.81. The lowest BCUT2D eigenvalue weighted by atomic mass is 9.89. The molecule has 0 aliphatic heterocycles. The van der Waals surface area contributed by atoms with Gasteiger partial charge in [-0.2, -0.15) is 5.26 Å². The fraction of sp³-hybridized carbons (Fsp3) is 0.429. The Kier molecular flexibility index (Phi) is 3.58. The number of H-pyrrole nitrogens is 1. The Morgan fingerprint density at radius 2 is 2.41 bits per heavy atom. The Balaban J connectivity index is 2.08. The van der Waals surface area contributed by atoms with Gasteiger partial charge in [-0.1, -0.05) is 11.6 Å². The van der Waals surface area contributed by atoms with Gasteiger partial charge in [-0.3, -0.25) is 4.52 Å². The highest BCUT2D eigenvalue weighted by molar-refractivity contribution is 7.16. The molecule has 0 saturated heterocycles. The van der Waals surface area contributed by atoms with Gasteiger partial charge in [-0.05, 0) is 36.0 Å². The quantitative estimate of drug-likeness (QED) is 0.487. The van der Waals surface area contributed by atoms with Gasteiger partial charge in [-0.25, -0.2) is 9.79 Å². The van der Waals surface area contributed by atoms with Crippen molar-refractivity contribution >= 4 is 22.2 Å². The van der Waals surface area contributed by atoms with Gasteiger partial charge < -0.3 is 5.11 Å². The Morgan fingerprint density at radius 1 is 1.64 bits per heavy atom. The number of nitriles is 1. The normalized spacial score (nSPS) is 18.0. The number of thiophene rings is 1. The minimum atomic E-state index is -0.773. The van der Waals surface area contributed by atoms with E-state index in [0.717, 1.165) is 29.7 Å². The SMILES string of the molecule is CC1CCc2c(sc(/N=C(\[O-])c3c(=O)o[nH][n+]3C)c2C#N)C1. The predicted molar refractivity (Wildman–Crippen MR) is 76.9 cm³/mol. The van der Waals surface area contributed by atoms with Crippen LogP contribution in [0.5, 0.6) is 0 Å². The van der Waals surface area contributed by atoms with Gasteiger partial charge in [0, 0.05) is 4.88 Å². The molecule has 22 heavy (non-hydrogen) atoms. The first-order valence-corrected chi connectivity index (χ1v) is 7.71. The molecule has 0 radical (unpaired) electrons. The van der Waals surface area contributed by atoms with E-state index in [1.807, 2.05) is 0 Å². The van der Waals surface area contributed by atoms with Crippen LogP contribution >= 0.6 is 11.3 Å². The maximum absolute atomic E-state index is 12.2. The van der Waals surface area contributed by atoms with Crippen LogP contribution in [0.25, 0.3) is 0 Å². The molecule has 2 aromatic heterocycles. The second kappa shape index (κ2) is 5.42. The maximum atomic E-state index is 12.2. The van der Waals surface area contributed by atoms with Crippen LogP contribution in [0, 0.1) is 17.2 Å². The largest absolute Gasteiger partial charge is 0.854 e. The predicted octanol–water partition coefficient (Wildman–Crippen LogP) is 0.289. The molecule has 7 nitrogen and oxygen atoms in total. The molecule has 2 aromatic rings. The van der Waals surface area contributed by atoms with Crippen molar-refractivity contribution in [2.24, 2.45) is 18.0 Å². The summed E-state index contributed by atoms with van der Waals surface area (Å²) in [4.78, 5) is 16.6. The molecular weight excluding hydrogens is 304 g/mol. The number of aromatic nitrogens is 2. The molecule has 2 heterocycles. The molecule has 1 unspecified atom stereocenters. The van der Waals surface area contributed by atoms with Crippen LogP contribution < -0.4 is 15.4 Å². The van der Waals surface area contributed by atoms with E-state index in [4.69, 9.17) is 0 Å². The van der Waals surface area contributed by atoms with Crippen molar-refractivity contribution in [3.63, 3.8) is 0 Å². The number of aromatic amines is 1. The van der Waals surface area contributed by atoms with Gasteiger partial charge >= 0.3 is 11.3 Å². The topological polar surface area (TPSA) is 109 Å². The van der Waals surface area contributed by atoms with Crippen molar-refractivity contribution in [1.29, 1.82) is 5.26 Å². The van der Waals surface area contributed by atoms with Crippen molar-refractivity contribution in [3.8, 4) is 6.07 Å². The van der Waals surface area contributed by atoms with Crippen molar-refractivity contribution in [1.82, 2.24) is 5.27 Å². The second-order valence-electron chi connectivity index (χ2n) is 5.45. The van der Waals surface area contributed by atoms with E-state index in [-0.39, 0.29) is 5.69 Å². The second-order valence-corrected chi connectivity index (χ2v) is 6.53. The van der Waals surface area contributed by atoms with Gasteiger partial charge in [0.05, 0.1) is 11.5 Å². The number of nitrogens with zero attached hydrogens (tertiary/aromatic N) is 3. The first-order chi connectivity index (χ1) is 10.5. The van der Waals surface area contributed by atoms with Gasteiger partial charge in [0.25, 0.3) is 0 Å². The standard InChI is InChI=1S/C14H14N4O3S/c1-7-3-4-8-9(6-15)13(22-10(8)5-7)16-12(19)11-14(20)21-17-18(11)2/h7H,3-5H2,1-2H3,(H-,16,17,19,20). The van der Waals surface area contributed by atoms with Crippen molar-refractivity contribution in [3.05, 3.63) is 32.1 Å². The van der Waals surface area contributed by atoms with Gasteiger partial charge in [-0.15, -0.1) is 11.3 Å². The molecule has 1 atom stereocenters. The van der Waals surface area contributed by atoms with E-state index in [2.05, 4.69) is 27.8 Å². The number of hydrogen-bond donors (Lipinski definition) is 1. The van der Waals surface area contributed by atoms with E-state index < -0.39 is 11.5 Å². The van der Waals surface area contributed by atoms with Crippen LogP contribution in [0.1, 0.15) is 35.0 Å². The zero-order valence-electron chi connectivity index (χ0n) is 12.2. The first-order valence-electron chi connectivity index (χ1n) is 6.89. The first kappa shape index (κ1) is 14.5. The summed E-state index contributed by atoms with van der Waals surface area (Å²) in [6, 6.07) is 2.15. The lowest BCUT2D eigenvalue weighted by molar-refractivity contribution is -0.742. The number of hydrogen-bond acceptors (Lipinski definition) is 6. The Hall–Kier alpha value is -2.40. The number of aryl methyl sites for hydroxylation is 1. The third kappa shape index (κ3) is 2.33. The summed E-state index contributed by atoms with van der Waals surface area (Å²) < 4.78 is 5.72. The van der Waals surface area contributed by atoms with Gasteiger partial charge in [0.1, 0.15) is 11.1 Å². The van der Waals surface area contributed by atoms with Crippen molar-refractivity contribution in [2.45, 2.75) is 26.2 Å². The smallest absolute Gasteiger partial charge is 0.435 e. The third-order valence-corrected chi connectivity index (χ3v) is 4.96. The summed E-state index contributed by atoms with van der Waals surface area (Å²) in [5.74, 6) is -0.142. The number of fused-ring (bicyclic) bond motifs is 1. The summed E-state index contributed by atoms with van der Waals surface area (Å²) in [7, 11) is 1.49. The molecule has 8 heteroatoms. The molecule has 1 aliphatic carbocycles. The molecule has 114 valence electrons. The minimum absolute atomic E-state index is 0.191. The Labute approximate surface area is 130 Å². The van der Waals surface area contributed by atoms with Crippen molar-refractivity contribution in [2.75, 3.05) is 0 Å². The molecule has 0 saturated carbocycles. The van der Waals surface area contributed by atoms with E-state index >= 15 is 0 Å². The summed E-state index contributed by atoms with van der Waals surface area (Å²) in [6.07, 6.45) is 2.76. The van der Waals surface area contributed by atoms with Gasteiger partial charge in [0.2, 0.25) is 0 Å². The lowest BCUT2D eigenvalue weighted by Gasteiger charge is -2.17. The molecule has 1 N–H and O–H groups in total. The summed E-state index contributed by atoms with van der Waals surface area (Å²) >= 11 is 1.37. The van der Waals surface area contributed by atoms with E-state index in [0.29, 0.717) is 16.5 Å². The number of nitrogens with one attached hydrogen (secondary N) is 1. The minimum Gasteiger partial charge on any atom is -0.854 e. The number of aliphatic imine (C=N–C) groups is 1. The molecule has 3 rings (SSSR count). The fourth-order valence-corrected chi connectivity index (χ4v) is 3.98. The van der Waals surface area contributed by atoms with Crippen molar-refractivity contribution < 1.29 is 14.3 Å². The fourth-order valence-electron chi connectivity index (χ4n) is 2.65. The molecule has 0 amide bonds. The molecule has 0 aromatic carbocycles. The zero-order valence-corrected chi connectivity index (χ0v) is 13.0. The van der Waals surface area contributed by atoms with Crippen LogP contribution in [-0.2, 0) is 19.9 Å². The van der Waals surface area contributed by atoms with E-state index in [9.17, 15) is 15.2 Å². The van der Waals surface area contributed by atoms with Gasteiger partial charge in [0.15, 0.2) is 7.05 Å². The Morgan fingerprint density at radius 3 is 3.05 bits per heavy atom. The van der Waals surface area contributed by atoms with E-state index in [1.54, 1.807) is 0 Å². The monoisotopic (exact) mass is 318 g/mol. The molecule has 0 spiro atoms. The summed E-state index contributed by atoms with van der Waals surface area (Å²) in [6.45, 7) is 2.17. The summed E-state index contributed by atoms with van der Waals surface area (Å²) in [5, 5.41) is 24.2. The highest BCUT2D eigenvalue weighted by atomic mass is 32.1. The Bertz CT molecular complexity index is 853. The highest BCUT2D eigenvalue weighted by Crippen LogP contribution is 2.40. The molecule has 0 bridgehead atoms. The summed E-state index contributed by atoms with van der Waals surface area (Å²) in [5.41, 5.74) is 0.499. The zero-order chi connectivity index (χ0) is 15.9. The molecular formula is C14H14N4O3S. The van der Waals surface area contributed by atoms with Crippen LogP contribution in [0.2, 0.25) is 0 Å². The van der Waals surface area contributed by atoms with E-state index in [1.165, 1.54) is 23.1 Å².